The fourth-order valence-corrected chi connectivity index (χ4v) is 2.61. The number of rotatable bonds is 8. The molecule has 0 radical (unpaired) electrons. The zero-order chi connectivity index (χ0) is 15.2. The van der Waals surface area contributed by atoms with Gasteiger partial charge in [-0.2, -0.15) is 0 Å². The maximum Gasteiger partial charge on any atom is 0.225 e. The van der Waals surface area contributed by atoms with Crippen molar-refractivity contribution in [3.05, 3.63) is 30.1 Å². The lowest BCUT2D eigenvalue weighted by molar-refractivity contribution is -0.136. The van der Waals surface area contributed by atoms with Crippen molar-refractivity contribution in [2.45, 2.75) is 64.6 Å². The number of nitrogens with two attached hydrogens (primary N) is 1. The highest BCUT2D eigenvalue weighted by Crippen LogP contribution is 2.30. The van der Waals surface area contributed by atoms with Crippen molar-refractivity contribution in [1.29, 1.82) is 0 Å². The van der Waals surface area contributed by atoms with Crippen LogP contribution in [0.25, 0.3) is 0 Å². The normalized spacial score (nSPS) is 17.3. The van der Waals surface area contributed by atoms with E-state index in [1.807, 2.05) is 26.0 Å². The van der Waals surface area contributed by atoms with Crippen LogP contribution in [0.3, 0.4) is 0 Å². The van der Waals surface area contributed by atoms with Crippen molar-refractivity contribution in [2.24, 2.45) is 11.7 Å². The van der Waals surface area contributed by atoms with Gasteiger partial charge in [0.15, 0.2) is 0 Å². The van der Waals surface area contributed by atoms with Gasteiger partial charge >= 0.3 is 0 Å². The molecule has 0 spiro atoms. The van der Waals surface area contributed by atoms with Crippen LogP contribution in [0.2, 0.25) is 0 Å². The first-order valence-corrected chi connectivity index (χ1v) is 8.03. The molecule has 1 aromatic heterocycles. The highest BCUT2D eigenvalue weighted by Gasteiger charge is 2.34. The fourth-order valence-electron chi connectivity index (χ4n) is 2.61. The van der Waals surface area contributed by atoms with Crippen LogP contribution >= 0.6 is 0 Å². The highest BCUT2D eigenvalue weighted by molar-refractivity contribution is 5.79. The van der Waals surface area contributed by atoms with Crippen LogP contribution < -0.4 is 5.73 Å². The Morgan fingerprint density at radius 1 is 1.33 bits per heavy atom. The van der Waals surface area contributed by atoms with Crippen molar-refractivity contribution < 1.29 is 4.79 Å². The van der Waals surface area contributed by atoms with Crippen molar-refractivity contribution in [3.63, 3.8) is 0 Å². The molecule has 1 fully saturated rings. The zero-order valence-corrected chi connectivity index (χ0v) is 13.2. The van der Waals surface area contributed by atoms with Crippen LogP contribution in [0.15, 0.2) is 24.5 Å². The standard InChI is InChI=1S/C17H27N3O/c1-13(4-3-5-14(2)18)17(21)20(16-6-7-16)12-15-8-10-19-11-9-15/h8-11,13-14,16H,3-7,12,18H2,1-2H3. The van der Waals surface area contributed by atoms with Crippen LogP contribution in [0.1, 0.15) is 51.5 Å². The van der Waals surface area contributed by atoms with E-state index in [9.17, 15) is 4.79 Å². The smallest absolute Gasteiger partial charge is 0.225 e. The largest absolute Gasteiger partial charge is 0.335 e. The fraction of sp³-hybridized carbons (Fsp3) is 0.647. The molecule has 0 aromatic carbocycles. The Hall–Kier alpha value is -1.42. The summed E-state index contributed by atoms with van der Waals surface area (Å²) >= 11 is 0. The summed E-state index contributed by atoms with van der Waals surface area (Å²) in [4.78, 5) is 18.8. The lowest BCUT2D eigenvalue weighted by Crippen LogP contribution is -2.36. The van der Waals surface area contributed by atoms with Crippen molar-refractivity contribution in [3.8, 4) is 0 Å². The Balaban J connectivity index is 1.90. The number of hydrogen-bond donors (Lipinski definition) is 1. The lowest BCUT2D eigenvalue weighted by atomic mass is 10.0. The molecule has 1 saturated carbocycles. The molecule has 1 aliphatic carbocycles. The summed E-state index contributed by atoms with van der Waals surface area (Å²) in [6.45, 7) is 4.78. The Labute approximate surface area is 127 Å². The third kappa shape index (κ3) is 5.12. The summed E-state index contributed by atoms with van der Waals surface area (Å²) in [6, 6.07) is 4.65. The van der Waals surface area contributed by atoms with E-state index in [-0.39, 0.29) is 12.0 Å². The summed E-state index contributed by atoms with van der Waals surface area (Å²) in [6.07, 6.45) is 8.81. The molecule has 4 nitrogen and oxygen atoms in total. The van der Waals surface area contributed by atoms with Crippen LogP contribution in [0, 0.1) is 5.92 Å². The molecular formula is C17H27N3O. The van der Waals surface area contributed by atoms with Crippen LogP contribution in [0.4, 0.5) is 0 Å². The first kappa shape index (κ1) is 16.0. The first-order valence-electron chi connectivity index (χ1n) is 8.03. The quantitative estimate of drug-likeness (QED) is 0.800. The summed E-state index contributed by atoms with van der Waals surface area (Å²) in [7, 11) is 0. The average Bonchev–Trinajstić information content (AvgIpc) is 3.29. The predicted molar refractivity (Wildman–Crippen MR) is 84.5 cm³/mol. The highest BCUT2D eigenvalue weighted by atomic mass is 16.2. The van der Waals surface area contributed by atoms with Gasteiger partial charge in [0.2, 0.25) is 5.91 Å². The number of aromatic nitrogens is 1. The minimum absolute atomic E-state index is 0.0891. The summed E-state index contributed by atoms with van der Waals surface area (Å²) < 4.78 is 0. The molecular weight excluding hydrogens is 262 g/mol. The predicted octanol–water partition coefficient (Wildman–Crippen LogP) is 2.73. The number of hydrogen-bond acceptors (Lipinski definition) is 3. The van der Waals surface area contributed by atoms with E-state index < -0.39 is 0 Å². The molecule has 2 rings (SSSR count). The molecule has 21 heavy (non-hydrogen) atoms. The van der Waals surface area contributed by atoms with Gasteiger partial charge in [0.1, 0.15) is 0 Å². The van der Waals surface area contributed by atoms with Gasteiger partial charge < -0.3 is 10.6 Å². The molecule has 1 aliphatic rings. The second kappa shape index (κ2) is 7.55. The Bertz CT molecular complexity index is 443. The molecule has 2 atom stereocenters. The second-order valence-corrected chi connectivity index (χ2v) is 6.36. The SMILES string of the molecule is CC(N)CCCC(C)C(=O)N(Cc1ccncc1)C1CC1. The number of carbonyl (C=O) groups is 1. The van der Waals surface area contributed by atoms with E-state index in [0.29, 0.717) is 18.5 Å². The van der Waals surface area contributed by atoms with Gasteiger partial charge in [-0.05, 0) is 50.3 Å². The van der Waals surface area contributed by atoms with E-state index in [1.165, 1.54) is 0 Å². The van der Waals surface area contributed by atoms with E-state index in [2.05, 4.69) is 9.88 Å². The molecule has 0 bridgehead atoms. The average molecular weight is 289 g/mol. The van der Waals surface area contributed by atoms with Crippen LogP contribution in [0.5, 0.6) is 0 Å². The van der Waals surface area contributed by atoms with Gasteiger partial charge in [-0.15, -0.1) is 0 Å². The summed E-state index contributed by atoms with van der Waals surface area (Å²) in [5, 5.41) is 0. The zero-order valence-electron chi connectivity index (χ0n) is 13.2. The van der Waals surface area contributed by atoms with Gasteiger partial charge in [-0.25, -0.2) is 0 Å². The number of amides is 1. The van der Waals surface area contributed by atoms with Crippen molar-refractivity contribution >= 4 is 5.91 Å². The minimum atomic E-state index is 0.0891. The summed E-state index contributed by atoms with van der Waals surface area (Å²) in [5.74, 6) is 0.380. The molecule has 116 valence electrons. The van der Waals surface area contributed by atoms with Crippen LogP contribution in [-0.4, -0.2) is 27.9 Å². The molecule has 0 saturated heterocycles. The molecule has 1 heterocycles. The molecule has 1 aromatic rings. The van der Waals surface area contributed by atoms with E-state index in [0.717, 1.165) is 37.7 Å². The van der Waals surface area contributed by atoms with Crippen LogP contribution in [-0.2, 0) is 11.3 Å². The number of pyridine rings is 1. The molecule has 2 unspecified atom stereocenters. The third-order valence-electron chi connectivity index (χ3n) is 4.09. The van der Waals surface area contributed by atoms with Gasteiger partial charge in [-0.3, -0.25) is 9.78 Å². The molecule has 2 N–H and O–H groups in total. The lowest BCUT2D eigenvalue weighted by Gasteiger charge is -2.26. The first-order chi connectivity index (χ1) is 10.1. The maximum absolute atomic E-state index is 12.7. The van der Waals surface area contributed by atoms with Gasteiger partial charge in [0, 0.05) is 36.9 Å². The van der Waals surface area contributed by atoms with E-state index in [1.54, 1.807) is 12.4 Å². The third-order valence-corrected chi connectivity index (χ3v) is 4.09. The number of carbonyl (C=O) groups excluding carboxylic acids is 1. The Morgan fingerprint density at radius 3 is 2.57 bits per heavy atom. The van der Waals surface area contributed by atoms with Gasteiger partial charge in [0.05, 0.1) is 0 Å². The van der Waals surface area contributed by atoms with Gasteiger partial charge in [-0.1, -0.05) is 13.3 Å². The van der Waals surface area contributed by atoms with Gasteiger partial charge in [0.25, 0.3) is 0 Å². The van der Waals surface area contributed by atoms with E-state index >= 15 is 0 Å². The Kier molecular flexibility index (Phi) is 5.74. The molecule has 1 amide bonds. The minimum Gasteiger partial charge on any atom is -0.335 e. The molecule has 4 heteroatoms. The van der Waals surface area contributed by atoms with Crippen molar-refractivity contribution in [2.75, 3.05) is 0 Å². The van der Waals surface area contributed by atoms with E-state index in [4.69, 9.17) is 5.73 Å². The monoisotopic (exact) mass is 289 g/mol. The maximum atomic E-state index is 12.7. The topological polar surface area (TPSA) is 59.2 Å². The summed E-state index contributed by atoms with van der Waals surface area (Å²) in [5.41, 5.74) is 6.93. The second-order valence-electron chi connectivity index (χ2n) is 6.36. The number of nitrogens with zero attached hydrogens (tertiary/aromatic N) is 2. The molecule has 0 aliphatic heterocycles. The van der Waals surface area contributed by atoms with Crippen molar-refractivity contribution in [1.82, 2.24) is 9.88 Å². The Morgan fingerprint density at radius 2 is 2.00 bits per heavy atom.